The monoisotopic (exact) mass is 544 g/mol. The van der Waals surface area contributed by atoms with Crippen LogP contribution in [0.3, 0.4) is 0 Å². The molecule has 0 amide bonds. The highest BCUT2D eigenvalue weighted by molar-refractivity contribution is 7.80. The Morgan fingerprint density at radius 3 is 2.45 bits per heavy atom. The van der Waals surface area contributed by atoms with Crippen molar-refractivity contribution in [2.45, 2.75) is 26.3 Å². The fraction of sp³-hybridized carbons (Fsp3) is 0.385. The third-order valence-electron chi connectivity index (χ3n) is 6.93. The van der Waals surface area contributed by atoms with Crippen molar-refractivity contribution in [3.63, 3.8) is 0 Å². The Bertz CT molecular complexity index is 1390. The van der Waals surface area contributed by atoms with Crippen molar-refractivity contribution < 1.29 is 17.7 Å². The lowest BCUT2D eigenvalue weighted by molar-refractivity contribution is 0.242. The van der Waals surface area contributed by atoms with Gasteiger partial charge in [0.2, 0.25) is 5.75 Å². The second-order valence-corrected chi connectivity index (χ2v) is 11.3. The molecule has 1 aliphatic carbocycles. The number of rotatable bonds is 9. The molecule has 1 atom stereocenters. The van der Waals surface area contributed by atoms with Gasteiger partial charge in [0.1, 0.15) is 17.3 Å². The first kappa shape index (κ1) is 26.3. The number of nitrogens with one attached hydrogen (secondary N) is 1. The molecule has 0 radical (unpaired) electrons. The van der Waals surface area contributed by atoms with E-state index in [1.54, 1.807) is 6.07 Å². The molecule has 2 heterocycles. The van der Waals surface area contributed by atoms with Gasteiger partial charge >= 0.3 is 5.56 Å². The summed E-state index contributed by atoms with van der Waals surface area (Å²) in [6, 6.07) is 10.2. The van der Waals surface area contributed by atoms with E-state index in [-0.39, 0.29) is 16.9 Å². The molecule has 202 valence electrons. The Balaban J connectivity index is 1.32. The van der Waals surface area contributed by atoms with Crippen molar-refractivity contribution in [3.05, 3.63) is 76.2 Å². The van der Waals surface area contributed by atoms with E-state index in [9.17, 15) is 17.8 Å². The second-order valence-electron chi connectivity index (χ2n) is 9.99. The number of halogens is 2. The van der Waals surface area contributed by atoms with Crippen LogP contribution in [-0.2, 0) is 17.7 Å². The average molecular weight is 545 g/mol. The summed E-state index contributed by atoms with van der Waals surface area (Å²) in [5.41, 5.74) is 7.37. The fourth-order valence-electron chi connectivity index (χ4n) is 4.26. The van der Waals surface area contributed by atoms with Gasteiger partial charge in [-0.15, -0.1) is 0 Å². The molecule has 9 nitrogen and oxygen atoms in total. The Hall–Kier alpha value is -3.35. The number of nitrogens with zero attached hydrogens (tertiary/aromatic N) is 4. The number of ether oxygens (including phenoxy) is 1. The van der Waals surface area contributed by atoms with Crippen LogP contribution in [0.1, 0.15) is 25.3 Å². The smallest absolute Gasteiger partial charge is 0.316 e. The molecule has 2 fully saturated rings. The Labute approximate surface area is 221 Å². The van der Waals surface area contributed by atoms with Crippen molar-refractivity contribution >= 4 is 22.5 Å². The van der Waals surface area contributed by atoms with Gasteiger partial charge in [0.25, 0.3) is 0 Å². The highest BCUT2D eigenvalue weighted by atomic mass is 32.2. The second kappa shape index (κ2) is 10.8. The van der Waals surface area contributed by atoms with Gasteiger partial charge < -0.3 is 15.4 Å². The van der Waals surface area contributed by atoms with E-state index in [0.29, 0.717) is 50.7 Å². The summed E-state index contributed by atoms with van der Waals surface area (Å²) in [5, 5.41) is 4.20. The molecule has 2 aromatic carbocycles. The molecular formula is C26H30F2N6O3S. The van der Waals surface area contributed by atoms with Crippen LogP contribution in [-0.4, -0.2) is 51.1 Å². The van der Waals surface area contributed by atoms with E-state index < -0.39 is 28.4 Å². The number of piperazine rings is 1. The van der Waals surface area contributed by atoms with E-state index >= 15 is 0 Å². The maximum atomic E-state index is 13.8. The van der Waals surface area contributed by atoms with E-state index in [1.807, 2.05) is 27.4 Å². The van der Waals surface area contributed by atoms with Gasteiger partial charge in [0, 0.05) is 49.9 Å². The van der Waals surface area contributed by atoms with Crippen LogP contribution < -0.4 is 25.7 Å². The first-order valence-electron chi connectivity index (χ1n) is 12.4. The SMILES string of the molecule is CC1(COc2c(N3CCN(S(=O)NCc4ccccc4N)CC3)cnn(-c3cc(F)cc(F)c3)c2=O)CC1. The fourth-order valence-corrected chi connectivity index (χ4v) is 5.22. The molecule has 5 rings (SSSR count). The third-order valence-corrected chi connectivity index (χ3v) is 8.16. The van der Waals surface area contributed by atoms with Crippen molar-refractivity contribution in [1.29, 1.82) is 0 Å². The predicted octanol–water partition coefficient (Wildman–Crippen LogP) is 2.76. The molecule has 0 spiro atoms. The van der Waals surface area contributed by atoms with Gasteiger partial charge in [-0.25, -0.2) is 22.0 Å². The number of hydrogen-bond donors (Lipinski definition) is 2. The first-order chi connectivity index (χ1) is 18.2. The van der Waals surface area contributed by atoms with Crippen LogP contribution in [0.4, 0.5) is 20.2 Å². The van der Waals surface area contributed by atoms with Gasteiger partial charge in [-0.2, -0.15) is 9.78 Å². The quantitative estimate of drug-likeness (QED) is 0.402. The van der Waals surface area contributed by atoms with Crippen LogP contribution >= 0.6 is 0 Å². The zero-order chi connectivity index (χ0) is 26.9. The summed E-state index contributed by atoms with van der Waals surface area (Å²) in [6.07, 6.45) is 3.49. The van der Waals surface area contributed by atoms with Crippen molar-refractivity contribution in [2.75, 3.05) is 43.4 Å². The minimum Gasteiger partial charge on any atom is -0.486 e. The maximum Gasteiger partial charge on any atom is 0.316 e. The van der Waals surface area contributed by atoms with Gasteiger partial charge in [-0.1, -0.05) is 25.1 Å². The van der Waals surface area contributed by atoms with E-state index in [2.05, 4.69) is 16.7 Å². The molecule has 2 aliphatic rings. The standard InChI is InChI=1S/C26H30F2N6O3S/c1-26(6-7-26)17-37-24-23(16-30-34(25(24)35)21-13-19(27)12-20(28)14-21)32-8-10-33(11-9-32)38(36)31-15-18-4-2-3-5-22(18)29/h2-5,12-14,16,31H,6-11,15,17,29H2,1H3. The molecule has 1 aromatic heterocycles. The lowest BCUT2D eigenvalue weighted by Gasteiger charge is -2.35. The number of aromatic nitrogens is 2. The van der Waals surface area contributed by atoms with Crippen LogP contribution in [0.25, 0.3) is 5.69 Å². The lowest BCUT2D eigenvalue weighted by Crippen LogP contribution is -2.49. The molecule has 1 aliphatic heterocycles. The maximum absolute atomic E-state index is 13.8. The van der Waals surface area contributed by atoms with Gasteiger partial charge in [-0.05, 0) is 36.6 Å². The zero-order valence-electron chi connectivity index (χ0n) is 21.0. The minimum absolute atomic E-state index is 0.00614. The largest absolute Gasteiger partial charge is 0.486 e. The molecule has 3 N–H and O–H groups in total. The van der Waals surface area contributed by atoms with Crippen molar-refractivity contribution in [2.24, 2.45) is 5.41 Å². The van der Waals surface area contributed by atoms with Crippen LogP contribution in [0.2, 0.25) is 0 Å². The summed E-state index contributed by atoms with van der Waals surface area (Å²) in [6.45, 7) is 4.71. The molecule has 3 aromatic rings. The summed E-state index contributed by atoms with van der Waals surface area (Å²) in [7, 11) is 0. The Morgan fingerprint density at radius 1 is 1.11 bits per heavy atom. The highest BCUT2D eigenvalue weighted by Crippen LogP contribution is 2.45. The summed E-state index contributed by atoms with van der Waals surface area (Å²) >= 11 is -1.42. The van der Waals surface area contributed by atoms with Crippen molar-refractivity contribution in [1.82, 2.24) is 18.8 Å². The zero-order valence-corrected chi connectivity index (χ0v) is 21.8. The Morgan fingerprint density at radius 2 is 1.79 bits per heavy atom. The molecule has 38 heavy (non-hydrogen) atoms. The topological polar surface area (TPSA) is 106 Å². The number of benzene rings is 2. The summed E-state index contributed by atoms with van der Waals surface area (Å²) < 4.78 is 52.3. The number of para-hydroxylation sites is 1. The number of nitrogens with two attached hydrogens (primary N) is 1. The van der Waals surface area contributed by atoms with E-state index in [0.717, 1.165) is 41.3 Å². The molecule has 1 saturated carbocycles. The minimum atomic E-state index is -1.42. The molecule has 0 bridgehead atoms. The number of nitrogen functional groups attached to an aromatic ring is 1. The Kier molecular flexibility index (Phi) is 7.46. The van der Waals surface area contributed by atoms with Gasteiger partial charge in [0.15, 0.2) is 11.2 Å². The number of anilines is 2. The molecule has 1 saturated heterocycles. The molecule has 1 unspecified atom stereocenters. The van der Waals surface area contributed by atoms with Gasteiger partial charge in [-0.3, -0.25) is 4.79 Å². The average Bonchev–Trinajstić information content (AvgIpc) is 3.63. The van der Waals surface area contributed by atoms with Crippen LogP contribution in [0.15, 0.2) is 53.5 Å². The van der Waals surface area contributed by atoms with E-state index in [1.165, 1.54) is 6.20 Å². The van der Waals surface area contributed by atoms with E-state index in [4.69, 9.17) is 10.5 Å². The first-order valence-corrected chi connectivity index (χ1v) is 13.5. The third kappa shape index (κ3) is 5.87. The molecule has 12 heteroatoms. The van der Waals surface area contributed by atoms with Crippen LogP contribution in [0.5, 0.6) is 5.75 Å². The highest BCUT2D eigenvalue weighted by Gasteiger charge is 2.39. The van der Waals surface area contributed by atoms with Crippen molar-refractivity contribution in [3.8, 4) is 11.4 Å². The number of hydrogen-bond acceptors (Lipinski definition) is 6. The lowest BCUT2D eigenvalue weighted by atomic mass is 10.2. The van der Waals surface area contributed by atoms with Crippen LogP contribution in [0, 0.1) is 17.0 Å². The molecular weight excluding hydrogens is 514 g/mol. The summed E-state index contributed by atoms with van der Waals surface area (Å²) in [5.74, 6) is -1.53. The van der Waals surface area contributed by atoms with Gasteiger partial charge in [0.05, 0.1) is 18.5 Å². The summed E-state index contributed by atoms with van der Waals surface area (Å²) in [4.78, 5) is 15.4. The normalized spacial score (nSPS) is 17.8. The predicted molar refractivity (Wildman–Crippen MR) is 142 cm³/mol.